The summed E-state index contributed by atoms with van der Waals surface area (Å²) in [4.78, 5) is 20.5. The molecule has 1 amide bonds. The molecule has 0 saturated carbocycles. The van der Waals surface area contributed by atoms with E-state index in [9.17, 15) is 4.79 Å². The van der Waals surface area contributed by atoms with Crippen molar-refractivity contribution >= 4 is 23.2 Å². The van der Waals surface area contributed by atoms with Crippen LogP contribution in [0.5, 0.6) is 0 Å². The number of pyridine rings is 1. The van der Waals surface area contributed by atoms with Crippen LogP contribution in [0.4, 0.5) is 5.69 Å². The van der Waals surface area contributed by atoms with Crippen molar-refractivity contribution in [2.45, 2.75) is 6.04 Å². The van der Waals surface area contributed by atoms with Crippen LogP contribution in [-0.2, 0) is 0 Å². The highest BCUT2D eigenvalue weighted by Gasteiger charge is 2.23. The van der Waals surface area contributed by atoms with Crippen LogP contribution in [0.3, 0.4) is 0 Å². The summed E-state index contributed by atoms with van der Waals surface area (Å²) in [5.74, 6) is -0.239. The molecular weight excluding hydrogens is 278 g/mol. The minimum absolute atomic E-state index is 0.172. The number of nitrogens with two attached hydrogens (primary N) is 1. The predicted molar refractivity (Wildman–Crippen MR) is 79.9 cm³/mol. The number of nitrogens with one attached hydrogen (secondary N) is 1. The van der Waals surface area contributed by atoms with Crippen molar-refractivity contribution < 1.29 is 4.79 Å². The number of likely N-dealkylation sites (N-methyl/N-ethyl adjacent to an activating group) is 2. The number of carbonyl (C=O) groups is 1. The highest BCUT2D eigenvalue weighted by molar-refractivity contribution is 6.32. The molecule has 2 rings (SSSR count). The van der Waals surface area contributed by atoms with Crippen LogP contribution in [0.25, 0.3) is 0 Å². The van der Waals surface area contributed by atoms with Gasteiger partial charge in [0, 0.05) is 32.2 Å². The maximum absolute atomic E-state index is 12.1. The lowest BCUT2D eigenvalue weighted by molar-refractivity contribution is 0.0881. The molecule has 0 aromatic carbocycles. The molecule has 1 unspecified atom stereocenters. The summed E-state index contributed by atoms with van der Waals surface area (Å²) in [5.41, 5.74) is 6.37. The van der Waals surface area contributed by atoms with Gasteiger partial charge in [-0.2, -0.15) is 0 Å². The lowest BCUT2D eigenvalue weighted by atomic mass is 10.1. The molecule has 20 heavy (non-hydrogen) atoms. The van der Waals surface area contributed by atoms with Crippen LogP contribution in [0.1, 0.15) is 10.4 Å². The van der Waals surface area contributed by atoms with Crippen LogP contribution in [-0.4, -0.2) is 67.0 Å². The van der Waals surface area contributed by atoms with Gasteiger partial charge in [-0.25, -0.2) is 4.98 Å². The van der Waals surface area contributed by atoms with Gasteiger partial charge in [0.15, 0.2) is 0 Å². The number of carbonyl (C=O) groups excluding carboxylic acids is 1. The van der Waals surface area contributed by atoms with E-state index in [1.807, 2.05) is 0 Å². The first kappa shape index (κ1) is 15.0. The largest absolute Gasteiger partial charge is 0.397 e. The number of nitrogen functional groups attached to an aromatic ring is 1. The summed E-state index contributed by atoms with van der Waals surface area (Å²) >= 11 is 5.92. The number of nitrogens with zero attached hydrogens (tertiary/aromatic N) is 3. The first-order valence-electron chi connectivity index (χ1n) is 6.55. The molecule has 1 aliphatic rings. The molecule has 0 aliphatic carbocycles. The van der Waals surface area contributed by atoms with E-state index in [1.165, 1.54) is 6.20 Å². The Labute approximate surface area is 123 Å². The lowest BCUT2D eigenvalue weighted by Crippen LogP contribution is -2.54. The quantitative estimate of drug-likeness (QED) is 0.785. The lowest BCUT2D eigenvalue weighted by Gasteiger charge is -2.37. The monoisotopic (exact) mass is 297 g/mol. The van der Waals surface area contributed by atoms with Gasteiger partial charge in [0.25, 0.3) is 5.91 Å². The van der Waals surface area contributed by atoms with Crippen molar-refractivity contribution in [3.63, 3.8) is 0 Å². The van der Waals surface area contributed by atoms with E-state index in [0.29, 0.717) is 23.8 Å². The van der Waals surface area contributed by atoms with Gasteiger partial charge in [0.2, 0.25) is 0 Å². The molecule has 0 spiro atoms. The molecule has 2 heterocycles. The SMILES string of the molecule is CN1CCN(C)C(CNC(=O)c2cc(N)cnc2Cl)C1. The van der Waals surface area contributed by atoms with Gasteiger partial charge < -0.3 is 16.0 Å². The van der Waals surface area contributed by atoms with E-state index in [-0.39, 0.29) is 11.1 Å². The van der Waals surface area contributed by atoms with E-state index in [0.717, 1.165) is 19.6 Å². The van der Waals surface area contributed by atoms with E-state index in [2.05, 4.69) is 34.2 Å². The fourth-order valence-electron chi connectivity index (χ4n) is 2.25. The Hall–Kier alpha value is -1.37. The zero-order valence-corrected chi connectivity index (χ0v) is 12.5. The van der Waals surface area contributed by atoms with E-state index in [4.69, 9.17) is 17.3 Å². The maximum Gasteiger partial charge on any atom is 0.254 e. The van der Waals surface area contributed by atoms with Crippen molar-refractivity contribution in [1.29, 1.82) is 0 Å². The normalized spacial score (nSPS) is 20.9. The maximum atomic E-state index is 12.1. The molecule has 0 bridgehead atoms. The molecule has 6 nitrogen and oxygen atoms in total. The van der Waals surface area contributed by atoms with Crippen LogP contribution >= 0.6 is 11.6 Å². The first-order valence-corrected chi connectivity index (χ1v) is 6.93. The third kappa shape index (κ3) is 3.59. The van der Waals surface area contributed by atoms with Crippen LogP contribution in [0, 0.1) is 0 Å². The van der Waals surface area contributed by atoms with Crippen molar-refractivity contribution in [1.82, 2.24) is 20.1 Å². The number of piperazine rings is 1. The number of rotatable bonds is 3. The molecular formula is C13H20ClN5O. The molecule has 1 aromatic rings. The molecule has 7 heteroatoms. The Morgan fingerprint density at radius 1 is 1.55 bits per heavy atom. The van der Waals surface area contributed by atoms with Gasteiger partial charge in [-0.05, 0) is 20.2 Å². The predicted octanol–water partition coefficient (Wildman–Crippen LogP) is 0.293. The number of aromatic nitrogens is 1. The summed E-state index contributed by atoms with van der Waals surface area (Å²) in [5, 5.41) is 3.07. The van der Waals surface area contributed by atoms with Gasteiger partial charge in [0.05, 0.1) is 17.4 Å². The summed E-state index contributed by atoms with van der Waals surface area (Å²) in [6, 6.07) is 1.84. The Morgan fingerprint density at radius 3 is 3.05 bits per heavy atom. The molecule has 1 aromatic heterocycles. The summed E-state index contributed by atoms with van der Waals surface area (Å²) in [6.07, 6.45) is 1.43. The minimum Gasteiger partial charge on any atom is -0.397 e. The van der Waals surface area contributed by atoms with E-state index in [1.54, 1.807) is 6.07 Å². The Balaban J connectivity index is 1.96. The number of halogens is 1. The molecule has 0 radical (unpaired) electrons. The van der Waals surface area contributed by atoms with Crippen molar-refractivity contribution in [2.24, 2.45) is 0 Å². The molecule has 1 fully saturated rings. The van der Waals surface area contributed by atoms with Crippen molar-refractivity contribution in [3.8, 4) is 0 Å². The number of hydrogen-bond acceptors (Lipinski definition) is 5. The van der Waals surface area contributed by atoms with Gasteiger partial charge >= 0.3 is 0 Å². The third-order valence-corrected chi connectivity index (χ3v) is 3.88. The Bertz CT molecular complexity index is 496. The topological polar surface area (TPSA) is 74.5 Å². The number of anilines is 1. The van der Waals surface area contributed by atoms with Gasteiger partial charge in [-0.15, -0.1) is 0 Å². The zero-order valence-electron chi connectivity index (χ0n) is 11.8. The average Bonchev–Trinajstić information content (AvgIpc) is 2.42. The second kappa shape index (κ2) is 6.39. The molecule has 3 N–H and O–H groups in total. The summed E-state index contributed by atoms with van der Waals surface area (Å²) < 4.78 is 0. The Kier molecular flexibility index (Phi) is 4.80. The second-order valence-corrected chi connectivity index (χ2v) is 5.57. The standard InChI is InChI=1S/C13H20ClN5O/c1-18-3-4-19(2)10(8-18)7-17-13(20)11-5-9(15)6-16-12(11)14/h5-6,10H,3-4,7-8,15H2,1-2H3,(H,17,20). The smallest absolute Gasteiger partial charge is 0.254 e. The molecule has 1 atom stereocenters. The fourth-order valence-corrected chi connectivity index (χ4v) is 2.44. The fraction of sp³-hybridized carbons (Fsp3) is 0.538. The molecule has 1 saturated heterocycles. The number of amides is 1. The Morgan fingerprint density at radius 2 is 2.30 bits per heavy atom. The van der Waals surface area contributed by atoms with Gasteiger partial charge in [-0.3, -0.25) is 9.69 Å². The average molecular weight is 298 g/mol. The second-order valence-electron chi connectivity index (χ2n) is 5.21. The van der Waals surface area contributed by atoms with Crippen LogP contribution in [0.2, 0.25) is 5.15 Å². The van der Waals surface area contributed by atoms with Crippen molar-refractivity contribution in [3.05, 3.63) is 23.0 Å². The first-order chi connectivity index (χ1) is 9.47. The van der Waals surface area contributed by atoms with Gasteiger partial charge in [-0.1, -0.05) is 11.6 Å². The van der Waals surface area contributed by atoms with Gasteiger partial charge in [0.1, 0.15) is 5.15 Å². The summed E-state index contributed by atoms with van der Waals surface area (Å²) in [7, 11) is 4.15. The van der Waals surface area contributed by atoms with E-state index < -0.39 is 0 Å². The number of hydrogen-bond donors (Lipinski definition) is 2. The highest BCUT2D eigenvalue weighted by atomic mass is 35.5. The molecule has 1 aliphatic heterocycles. The van der Waals surface area contributed by atoms with Crippen LogP contribution in [0.15, 0.2) is 12.3 Å². The zero-order chi connectivity index (χ0) is 14.7. The molecule has 110 valence electrons. The van der Waals surface area contributed by atoms with Crippen LogP contribution < -0.4 is 11.1 Å². The highest BCUT2D eigenvalue weighted by Crippen LogP contribution is 2.15. The van der Waals surface area contributed by atoms with E-state index >= 15 is 0 Å². The minimum atomic E-state index is -0.239. The summed E-state index contributed by atoms with van der Waals surface area (Å²) in [6.45, 7) is 3.55. The third-order valence-electron chi connectivity index (χ3n) is 3.58. The van der Waals surface area contributed by atoms with Crippen molar-refractivity contribution in [2.75, 3.05) is 46.0 Å².